The van der Waals surface area contributed by atoms with Crippen LogP contribution in [0.15, 0.2) is 24.3 Å². The van der Waals surface area contributed by atoms with Crippen LogP contribution in [0.5, 0.6) is 0 Å². The molecule has 1 atom stereocenters. The van der Waals surface area contributed by atoms with E-state index in [0.29, 0.717) is 12.6 Å². The molecule has 1 aromatic carbocycles. The summed E-state index contributed by atoms with van der Waals surface area (Å²) in [6.07, 6.45) is 7.69. The zero-order valence-corrected chi connectivity index (χ0v) is 13.1. The molecule has 3 heteroatoms. The lowest BCUT2D eigenvalue weighted by Gasteiger charge is -2.29. The third-order valence-electron chi connectivity index (χ3n) is 4.39. The maximum atomic E-state index is 10.7. The summed E-state index contributed by atoms with van der Waals surface area (Å²) in [6.45, 7) is 2.86. The number of halogens is 1. The zero-order chi connectivity index (χ0) is 14.4. The molecule has 0 spiro atoms. The fourth-order valence-electron chi connectivity index (χ4n) is 3.07. The normalized spacial score (nSPS) is 20.4. The molecule has 0 aliphatic heterocycles. The van der Waals surface area contributed by atoms with E-state index in [1.807, 2.05) is 12.1 Å². The van der Waals surface area contributed by atoms with Crippen molar-refractivity contribution in [1.82, 2.24) is 5.32 Å². The fourth-order valence-corrected chi connectivity index (χ4v) is 3.20. The summed E-state index contributed by atoms with van der Waals surface area (Å²) in [5, 5.41) is 15.0. The Morgan fingerprint density at radius 2 is 1.75 bits per heavy atom. The fraction of sp³-hybridized carbons (Fsp3) is 0.647. The molecule has 2 N–H and O–H groups in total. The van der Waals surface area contributed by atoms with Gasteiger partial charge in [-0.2, -0.15) is 0 Å². The maximum absolute atomic E-state index is 10.7. The van der Waals surface area contributed by atoms with Crippen LogP contribution in [0.1, 0.15) is 63.5 Å². The molecule has 0 heterocycles. The molecule has 0 amide bonds. The highest BCUT2D eigenvalue weighted by molar-refractivity contribution is 6.30. The number of hydrogen-bond donors (Lipinski definition) is 2. The second-order valence-corrected chi connectivity index (χ2v) is 6.47. The lowest BCUT2D eigenvalue weighted by atomic mass is 9.93. The van der Waals surface area contributed by atoms with Crippen molar-refractivity contribution in [2.45, 2.75) is 63.5 Å². The Labute approximate surface area is 127 Å². The molecule has 2 rings (SSSR count). The van der Waals surface area contributed by atoms with E-state index in [1.54, 1.807) is 0 Å². The summed E-state index contributed by atoms with van der Waals surface area (Å²) in [4.78, 5) is 0. The highest BCUT2D eigenvalue weighted by Crippen LogP contribution is 2.27. The molecule has 1 fully saturated rings. The molecule has 0 saturated heterocycles. The van der Waals surface area contributed by atoms with Crippen LogP contribution in [0.3, 0.4) is 0 Å². The summed E-state index contributed by atoms with van der Waals surface area (Å²) in [7, 11) is 0. The number of nitrogens with one attached hydrogen (secondary N) is 1. The summed E-state index contributed by atoms with van der Waals surface area (Å²) >= 11 is 5.94. The monoisotopic (exact) mass is 295 g/mol. The van der Waals surface area contributed by atoms with Crippen molar-refractivity contribution in [3.05, 3.63) is 34.9 Å². The van der Waals surface area contributed by atoms with Crippen LogP contribution in [0.4, 0.5) is 0 Å². The van der Waals surface area contributed by atoms with Gasteiger partial charge in [-0.1, -0.05) is 56.3 Å². The van der Waals surface area contributed by atoms with Crippen LogP contribution >= 0.6 is 11.6 Å². The largest absolute Gasteiger partial charge is 0.389 e. The molecule has 1 aliphatic carbocycles. The SMILES string of the molecule is CCC(NCC1(O)CCCCCC1)c1ccc(Cl)cc1. The van der Waals surface area contributed by atoms with Crippen LogP contribution in [0, 0.1) is 0 Å². The minimum Gasteiger partial charge on any atom is -0.389 e. The van der Waals surface area contributed by atoms with Gasteiger partial charge in [0.05, 0.1) is 5.60 Å². The van der Waals surface area contributed by atoms with Crippen LogP contribution in [0.25, 0.3) is 0 Å². The Balaban J connectivity index is 1.94. The van der Waals surface area contributed by atoms with Gasteiger partial charge in [0.25, 0.3) is 0 Å². The van der Waals surface area contributed by atoms with E-state index in [-0.39, 0.29) is 0 Å². The summed E-state index contributed by atoms with van der Waals surface area (Å²) < 4.78 is 0. The van der Waals surface area contributed by atoms with Gasteiger partial charge in [0.15, 0.2) is 0 Å². The number of rotatable bonds is 5. The van der Waals surface area contributed by atoms with E-state index >= 15 is 0 Å². The van der Waals surface area contributed by atoms with Crippen molar-refractivity contribution in [2.75, 3.05) is 6.54 Å². The second-order valence-electron chi connectivity index (χ2n) is 6.03. The van der Waals surface area contributed by atoms with Crippen LogP contribution in [-0.2, 0) is 0 Å². The van der Waals surface area contributed by atoms with Crippen molar-refractivity contribution >= 4 is 11.6 Å². The molecule has 112 valence electrons. The Hall–Kier alpha value is -0.570. The minimum atomic E-state index is -0.518. The molecule has 1 aliphatic rings. The smallest absolute Gasteiger partial charge is 0.0771 e. The van der Waals surface area contributed by atoms with Crippen LogP contribution in [0.2, 0.25) is 5.02 Å². The summed E-state index contributed by atoms with van der Waals surface area (Å²) in [5.74, 6) is 0. The van der Waals surface area contributed by atoms with Gasteiger partial charge in [0.2, 0.25) is 0 Å². The molecule has 0 bridgehead atoms. The molecule has 1 aromatic rings. The molecular formula is C17H26ClNO. The van der Waals surface area contributed by atoms with E-state index in [2.05, 4.69) is 24.4 Å². The van der Waals surface area contributed by atoms with Gasteiger partial charge in [0.1, 0.15) is 0 Å². The van der Waals surface area contributed by atoms with E-state index in [1.165, 1.54) is 18.4 Å². The average molecular weight is 296 g/mol. The van der Waals surface area contributed by atoms with Gasteiger partial charge in [0, 0.05) is 17.6 Å². The molecule has 0 radical (unpaired) electrons. The first-order chi connectivity index (χ1) is 9.63. The Morgan fingerprint density at radius 1 is 1.15 bits per heavy atom. The van der Waals surface area contributed by atoms with Gasteiger partial charge in [-0.3, -0.25) is 0 Å². The molecule has 1 unspecified atom stereocenters. The third-order valence-corrected chi connectivity index (χ3v) is 4.64. The molecule has 2 nitrogen and oxygen atoms in total. The second kappa shape index (κ2) is 7.44. The quantitative estimate of drug-likeness (QED) is 0.786. The first kappa shape index (κ1) is 15.8. The van der Waals surface area contributed by atoms with Crippen molar-refractivity contribution in [3.8, 4) is 0 Å². The van der Waals surface area contributed by atoms with Crippen LogP contribution in [-0.4, -0.2) is 17.3 Å². The Bertz CT molecular complexity index is 396. The van der Waals surface area contributed by atoms with Gasteiger partial charge in [-0.25, -0.2) is 0 Å². The first-order valence-electron chi connectivity index (χ1n) is 7.84. The molecule has 1 saturated carbocycles. The van der Waals surface area contributed by atoms with E-state index < -0.39 is 5.60 Å². The van der Waals surface area contributed by atoms with E-state index in [4.69, 9.17) is 11.6 Å². The summed E-state index contributed by atoms with van der Waals surface area (Å²) in [5.41, 5.74) is 0.727. The highest BCUT2D eigenvalue weighted by Gasteiger charge is 2.28. The van der Waals surface area contributed by atoms with Crippen molar-refractivity contribution in [2.24, 2.45) is 0 Å². The van der Waals surface area contributed by atoms with Crippen molar-refractivity contribution in [3.63, 3.8) is 0 Å². The molecule has 0 aromatic heterocycles. The summed E-state index contributed by atoms with van der Waals surface area (Å²) in [6, 6.07) is 8.30. The van der Waals surface area contributed by atoms with Gasteiger partial charge >= 0.3 is 0 Å². The zero-order valence-electron chi connectivity index (χ0n) is 12.4. The predicted octanol–water partition coefficient (Wildman–Crippen LogP) is 4.47. The Morgan fingerprint density at radius 3 is 2.30 bits per heavy atom. The number of benzene rings is 1. The third kappa shape index (κ3) is 4.47. The first-order valence-corrected chi connectivity index (χ1v) is 8.22. The Kier molecular flexibility index (Phi) is 5.88. The van der Waals surface area contributed by atoms with Crippen molar-refractivity contribution < 1.29 is 5.11 Å². The number of hydrogen-bond acceptors (Lipinski definition) is 2. The van der Waals surface area contributed by atoms with Crippen LogP contribution < -0.4 is 5.32 Å². The average Bonchev–Trinajstić information content (AvgIpc) is 2.67. The van der Waals surface area contributed by atoms with E-state index in [9.17, 15) is 5.11 Å². The predicted molar refractivity (Wildman–Crippen MR) is 85.1 cm³/mol. The van der Waals surface area contributed by atoms with Gasteiger partial charge in [-0.05, 0) is 37.0 Å². The standard InChI is InChI=1S/C17H26ClNO/c1-2-16(14-7-9-15(18)10-8-14)19-13-17(20)11-5-3-4-6-12-17/h7-10,16,19-20H,2-6,11-13H2,1H3. The maximum Gasteiger partial charge on any atom is 0.0771 e. The van der Waals surface area contributed by atoms with Crippen molar-refractivity contribution in [1.29, 1.82) is 0 Å². The topological polar surface area (TPSA) is 32.3 Å². The highest BCUT2D eigenvalue weighted by atomic mass is 35.5. The molecule has 20 heavy (non-hydrogen) atoms. The lowest BCUT2D eigenvalue weighted by molar-refractivity contribution is 0.0225. The minimum absolute atomic E-state index is 0.291. The van der Waals surface area contributed by atoms with E-state index in [0.717, 1.165) is 37.1 Å². The lowest BCUT2D eigenvalue weighted by Crippen LogP contribution is -2.41. The van der Waals surface area contributed by atoms with Gasteiger partial charge in [-0.15, -0.1) is 0 Å². The number of aliphatic hydroxyl groups is 1. The molecular weight excluding hydrogens is 270 g/mol. The van der Waals surface area contributed by atoms with Gasteiger partial charge < -0.3 is 10.4 Å².